The van der Waals surface area contributed by atoms with Crippen LogP contribution in [0.4, 0.5) is 4.39 Å². The minimum absolute atomic E-state index is 0.174. The molecule has 0 N–H and O–H groups in total. The molecule has 0 unspecified atom stereocenters. The monoisotopic (exact) mass is 134 g/mol. The van der Waals surface area contributed by atoms with Crippen LogP contribution in [0.25, 0.3) is 0 Å². The Morgan fingerprint density at radius 3 is 2.33 bits per heavy atom. The molecule has 0 saturated heterocycles. The van der Waals surface area contributed by atoms with Crippen LogP contribution in [0.2, 0.25) is 0 Å². The van der Waals surface area contributed by atoms with E-state index in [9.17, 15) is 4.39 Å². The van der Waals surface area contributed by atoms with Gasteiger partial charge in [0, 0.05) is 13.7 Å². The topological polar surface area (TPSA) is 9.23 Å². The van der Waals surface area contributed by atoms with Gasteiger partial charge in [-0.15, -0.1) is 0 Å². The smallest absolute Gasteiger partial charge is 0.0894 e. The SMILES string of the molecule is COCCCCCCF. The minimum Gasteiger partial charge on any atom is -0.385 e. The van der Waals surface area contributed by atoms with Crippen LogP contribution in [-0.4, -0.2) is 20.4 Å². The van der Waals surface area contributed by atoms with E-state index in [1.807, 2.05) is 0 Å². The van der Waals surface area contributed by atoms with E-state index in [2.05, 4.69) is 0 Å². The Bertz CT molecular complexity index is 42.2. The highest BCUT2D eigenvalue weighted by Gasteiger charge is 1.87. The van der Waals surface area contributed by atoms with Crippen molar-refractivity contribution in [2.45, 2.75) is 25.7 Å². The van der Waals surface area contributed by atoms with Crippen molar-refractivity contribution in [3.05, 3.63) is 0 Å². The number of unbranched alkanes of at least 4 members (excludes halogenated alkanes) is 3. The average molecular weight is 134 g/mol. The summed E-state index contributed by atoms with van der Waals surface area (Å²) in [6, 6.07) is 0. The summed E-state index contributed by atoms with van der Waals surface area (Å²) in [6.45, 7) is 0.638. The zero-order valence-corrected chi connectivity index (χ0v) is 6.03. The highest BCUT2D eigenvalue weighted by atomic mass is 19.1. The molecule has 0 fully saturated rings. The average Bonchev–Trinajstić information content (AvgIpc) is 1.89. The minimum atomic E-state index is -0.174. The van der Waals surface area contributed by atoms with Gasteiger partial charge < -0.3 is 4.74 Å². The number of hydrogen-bond donors (Lipinski definition) is 0. The molecule has 0 heterocycles. The summed E-state index contributed by atoms with van der Waals surface area (Å²) in [5, 5.41) is 0. The molecule has 0 rings (SSSR count). The Labute approximate surface area is 56.2 Å². The van der Waals surface area contributed by atoms with E-state index in [-0.39, 0.29) is 6.67 Å². The fraction of sp³-hybridized carbons (Fsp3) is 1.00. The summed E-state index contributed by atoms with van der Waals surface area (Å²) in [5.41, 5.74) is 0. The van der Waals surface area contributed by atoms with Crippen molar-refractivity contribution in [2.24, 2.45) is 0 Å². The Morgan fingerprint density at radius 2 is 1.78 bits per heavy atom. The molecule has 0 aliphatic rings. The van der Waals surface area contributed by atoms with Gasteiger partial charge in [0.2, 0.25) is 0 Å². The molecule has 1 nitrogen and oxygen atoms in total. The van der Waals surface area contributed by atoms with E-state index in [0.717, 1.165) is 25.9 Å². The second-order valence-corrected chi connectivity index (χ2v) is 2.10. The van der Waals surface area contributed by atoms with Gasteiger partial charge in [-0.2, -0.15) is 0 Å². The lowest BCUT2D eigenvalue weighted by Gasteiger charge is -1.96. The molecular formula is C7H15FO. The van der Waals surface area contributed by atoms with Crippen LogP contribution in [0.3, 0.4) is 0 Å². The molecule has 0 aromatic rings. The second kappa shape index (κ2) is 7.89. The molecule has 0 aromatic carbocycles. The maximum Gasteiger partial charge on any atom is 0.0894 e. The molecule has 0 spiro atoms. The molecule has 0 amide bonds. The fourth-order valence-corrected chi connectivity index (χ4v) is 0.694. The predicted molar refractivity (Wildman–Crippen MR) is 36.3 cm³/mol. The summed E-state index contributed by atoms with van der Waals surface area (Å²) in [5.74, 6) is 0. The molecule has 0 radical (unpaired) electrons. The van der Waals surface area contributed by atoms with Crippen LogP contribution < -0.4 is 0 Å². The van der Waals surface area contributed by atoms with Crippen LogP contribution in [0, 0.1) is 0 Å². The zero-order valence-electron chi connectivity index (χ0n) is 6.03. The van der Waals surface area contributed by atoms with Gasteiger partial charge in [-0.3, -0.25) is 4.39 Å². The van der Waals surface area contributed by atoms with Gasteiger partial charge in [-0.1, -0.05) is 12.8 Å². The number of rotatable bonds is 6. The molecule has 0 aliphatic heterocycles. The van der Waals surface area contributed by atoms with E-state index in [1.165, 1.54) is 0 Å². The fourth-order valence-electron chi connectivity index (χ4n) is 0.694. The lowest BCUT2D eigenvalue weighted by molar-refractivity contribution is 0.191. The van der Waals surface area contributed by atoms with E-state index in [4.69, 9.17) is 4.74 Å². The Kier molecular flexibility index (Phi) is 7.79. The zero-order chi connectivity index (χ0) is 6.95. The van der Waals surface area contributed by atoms with E-state index in [1.54, 1.807) is 7.11 Å². The highest BCUT2D eigenvalue weighted by Crippen LogP contribution is 1.99. The normalized spacial score (nSPS) is 10.0. The molecule has 9 heavy (non-hydrogen) atoms. The lowest BCUT2D eigenvalue weighted by Crippen LogP contribution is -1.88. The van der Waals surface area contributed by atoms with Crippen molar-refractivity contribution in [1.29, 1.82) is 0 Å². The first-order valence-electron chi connectivity index (χ1n) is 3.46. The van der Waals surface area contributed by atoms with Crippen LogP contribution in [0.5, 0.6) is 0 Å². The quantitative estimate of drug-likeness (QED) is 0.506. The van der Waals surface area contributed by atoms with Gasteiger partial charge in [-0.05, 0) is 12.8 Å². The summed E-state index contributed by atoms with van der Waals surface area (Å²) >= 11 is 0. The number of hydrogen-bond acceptors (Lipinski definition) is 1. The Hall–Kier alpha value is -0.110. The molecule has 56 valence electrons. The summed E-state index contributed by atoms with van der Waals surface area (Å²) in [4.78, 5) is 0. The third-order valence-electron chi connectivity index (χ3n) is 1.23. The second-order valence-electron chi connectivity index (χ2n) is 2.10. The third-order valence-corrected chi connectivity index (χ3v) is 1.23. The van der Waals surface area contributed by atoms with Gasteiger partial charge in [0.25, 0.3) is 0 Å². The van der Waals surface area contributed by atoms with Crippen molar-refractivity contribution < 1.29 is 9.13 Å². The molecular weight excluding hydrogens is 119 g/mol. The lowest BCUT2D eigenvalue weighted by atomic mass is 10.2. The van der Waals surface area contributed by atoms with E-state index >= 15 is 0 Å². The number of alkyl halides is 1. The van der Waals surface area contributed by atoms with Gasteiger partial charge in [0.15, 0.2) is 0 Å². The maximum absolute atomic E-state index is 11.5. The molecule has 0 bridgehead atoms. The maximum atomic E-state index is 11.5. The molecule has 0 aromatic heterocycles. The van der Waals surface area contributed by atoms with Crippen molar-refractivity contribution in [2.75, 3.05) is 20.4 Å². The number of methoxy groups -OCH3 is 1. The molecule has 0 aliphatic carbocycles. The summed E-state index contributed by atoms with van der Waals surface area (Å²) < 4.78 is 16.3. The largest absolute Gasteiger partial charge is 0.385 e. The van der Waals surface area contributed by atoms with Crippen molar-refractivity contribution in [3.63, 3.8) is 0 Å². The van der Waals surface area contributed by atoms with Crippen molar-refractivity contribution >= 4 is 0 Å². The highest BCUT2D eigenvalue weighted by molar-refractivity contribution is 4.40. The van der Waals surface area contributed by atoms with E-state index in [0.29, 0.717) is 6.42 Å². The predicted octanol–water partition coefficient (Wildman–Crippen LogP) is 2.16. The third kappa shape index (κ3) is 7.89. The molecule has 0 atom stereocenters. The summed E-state index contributed by atoms with van der Waals surface area (Å²) in [6.07, 6.45) is 3.87. The van der Waals surface area contributed by atoms with Crippen LogP contribution in [0.15, 0.2) is 0 Å². The first-order chi connectivity index (χ1) is 4.41. The van der Waals surface area contributed by atoms with Crippen LogP contribution in [0.1, 0.15) is 25.7 Å². The molecule has 0 saturated carbocycles. The van der Waals surface area contributed by atoms with Crippen molar-refractivity contribution in [1.82, 2.24) is 0 Å². The van der Waals surface area contributed by atoms with Gasteiger partial charge >= 0.3 is 0 Å². The van der Waals surface area contributed by atoms with Crippen LogP contribution >= 0.6 is 0 Å². The molecule has 2 heteroatoms. The van der Waals surface area contributed by atoms with Crippen molar-refractivity contribution in [3.8, 4) is 0 Å². The Morgan fingerprint density at radius 1 is 1.11 bits per heavy atom. The van der Waals surface area contributed by atoms with E-state index < -0.39 is 0 Å². The Balaban J connectivity index is 2.60. The van der Waals surface area contributed by atoms with Crippen LogP contribution in [-0.2, 0) is 4.74 Å². The first-order valence-corrected chi connectivity index (χ1v) is 3.46. The van der Waals surface area contributed by atoms with Gasteiger partial charge in [-0.25, -0.2) is 0 Å². The number of ether oxygens (including phenoxy) is 1. The number of halogens is 1. The van der Waals surface area contributed by atoms with Gasteiger partial charge in [0.05, 0.1) is 6.67 Å². The standard InChI is InChI=1S/C7H15FO/c1-9-7-5-3-2-4-6-8/h2-7H2,1H3. The summed E-state index contributed by atoms with van der Waals surface area (Å²) in [7, 11) is 1.69. The van der Waals surface area contributed by atoms with Gasteiger partial charge in [0.1, 0.15) is 0 Å². The first kappa shape index (κ1) is 8.89.